The van der Waals surface area contributed by atoms with Crippen LogP contribution in [0.3, 0.4) is 0 Å². The zero-order valence-electron chi connectivity index (χ0n) is 17.0. The maximum absolute atomic E-state index is 12.4. The highest BCUT2D eigenvalue weighted by Gasteiger charge is 2.13. The third-order valence-electron chi connectivity index (χ3n) is 4.41. The number of hydrogen-bond donors (Lipinski definition) is 2. The lowest BCUT2D eigenvalue weighted by Crippen LogP contribution is -2.35. The molecule has 154 valence electrons. The number of hydrazone groups is 1. The Bertz CT molecular complexity index is 990. The van der Waals surface area contributed by atoms with E-state index in [1.54, 1.807) is 20.2 Å². The predicted octanol–water partition coefficient (Wildman–Crippen LogP) is 4.22. The SMILES string of the molecule is COc1ccccc1NC(C)C(=O)NN=Cc1ccccc1OCc1ccccc1. The Hall–Kier alpha value is -3.80. The molecule has 0 fully saturated rings. The Morgan fingerprint density at radius 3 is 2.40 bits per heavy atom. The number of carbonyl (C=O) groups excluding carboxylic acids is 1. The van der Waals surface area contributed by atoms with Gasteiger partial charge in [0.25, 0.3) is 5.91 Å². The van der Waals surface area contributed by atoms with Crippen molar-refractivity contribution in [1.29, 1.82) is 0 Å². The Kier molecular flexibility index (Phi) is 7.44. The third-order valence-corrected chi connectivity index (χ3v) is 4.41. The minimum Gasteiger partial charge on any atom is -0.495 e. The van der Waals surface area contributed by atoms with E-state index >= 15 is 0 Å². The third kappa shape index (κ3) is 5.85. The molecule has 0 spiro atoms. The Balaban J connectivity index is 1.57. The number of rotatable bonds is 9. The Morgan fingerprint density at radius 1 is 0.967 bits per heavy atom. The van der Waals surface area contributed by atoms with Crippen LogP contribution in [0.15, 0.2) is 84.0 Å². The molecule has 1 unspecified atom stereocenters. The number of para-hydroxylation sites is 3. The first-order valence-corrected chi connectivity index (χ1v) is 9.65. The zero-order valence-corrected chi connectivity index (χ0v) is 17.0. The molecule has 0 aliphatic rings. The molecule has 3 rings (SSSR count). The molecule has 3 aromatic carbocycles. The maximum atomic E-state index is 12.4. The summed E-state index contributed by atoms with van der Waals surface area (Å²) in [5.74, 6) is 1.10. The molecule has 3 aromatic rings. The topological polar surface area (TPSA) is 72.0 Å². The van der Waals surface area contributed by atoms with Gasteiger partial charge in [-0.2, -0.15) is 5.10 Å². The van der Waals surface area contributed by atoms with E-state index in [1.165, 1.54) is 0 Å². The van der Waals surface area contributed by atoms with E-state index in [9.17, 15) is 4.79 Å². The molecule has 0 heterocycles. The van der Waals surface area contributed by atoms with Crippen molar-refractivity contribution < 1.29 is 14.3 Å². The first-order chi connectivity index (χ1) is 14.7. The largest absolute Gasteiger partial charge is 0.495 e. The van der Waals surface area contributed by atoms with E-state index in [-0.39, 0.29) is 5.91 Å². The summed E-state index contributed by atoms with van der Waals surface area (Å²) in [7, 11) is 1.59. The number of nitrogens with zero attached hydrogens (tertiary/aromatic N) is 1. The van der Waals surface area contributed by atoms with Crippen LogP contribution in [0.2, 0.25) is 0 Å². The molecule has 0 bridgehead atoms. The fourth-order valence-electron chi connectivity index (χ4n) is 2.78. The van der Waals surface area contributed by atoms with Crippen LogP contribution < -0.4 is 20.2 Å². The van der Waals surface area contributed by atoms with Crippen LogP contribution in [0.25, 0.3) is 0 Å². The van der Waals surface area contributed by atoms with Gasteiger partial charge in [0, 0.05) is 5.56 Å². The van der Waals surface area contributed by atoms with E-state index in [0.29, 0.717) is 18.1 Å². The van der Waals surface area contributed by atoms with Crippen molar-refractivity contribution in [1.82, 2.24) is 5.43 Å². The average Bonchev–Trinajstić information content (AvgIpc) is 2.79. The van der Waals surface area contributed by atoms with Crippen LogP contribution in [0.4, 0.5) is 5.69 Å². The lowest BCUT2D eigenvalue weighted by Gasteiger charge is -2.15. The molecule has 0 aromatic heterocycles. The highest BCUT2D eigenvalue weighted by molar-refractivity contribution is 5.88. The highest BCUT2D eigenvalue weighted by Crippen LogP contribution is 2.23. The van der Waals surface area contributed by atoms with Crippen LogP contribution in [0, 0.1) is 0 Å². The molecule has 1 amide bonds. The molecule has 6 heteroatoms. The van der Waals surface area contributed by atoms with Crippen molar-refractivity contribution in [2.24, 2.45) is 5.10 Å². The molecule has 1 atom stereocenters. The maximum Gasteiger partial charge on any atom is 0.262 e. The van der Waals surface area contributed by atoms with Gasteiger partial charge in [0.2, 0.25) is 0 Å². The van der Waals surface area contributed by atoms with Crippen LogP contribution in [0.5, 0.6) is 11.5 Å². The van der Waals surface area contributed by atoms with E-state index in [4.69, 9.17) is 9.47 Å². The predicted molar refractivity (Wildman–Crippen MR) is 119 cm³/mol. The molecule has 0 radical (unpaired) electrons. The lowest BCUT2D eigenvalue weighted by molar-refractivity contribution is -0.121. The van der Waals surface area contributed by atoms with Gasteiger partial charge in [-0.1, -0.05) is 54.6 Å². The molecule has 0 saturated carbocycles. The van der Waals surface area contributed by atoms with Gasteiger partial charge >= 0.3 is 0 Å². The number of nitrogens with one attached hydrogen (secondary N) is 2. The van der Waals surface area contributed by atoms with E-state index in [0.717, 1.165) is 16.8 Å². The van der Waals surface area contributed by atoms with Crippen molar-refractivity contribution in [2.75, 3.05) is 12.4 Å². The minimum absolute atomic E-state index is 0.264. The summed E-state index contributed by atoms with van der Waals surface area (Å²) in [5.41, 5.74) is 5.16. The van der Waals surface area contributed by atoms with Gasteiger partial charge in [0.15, 0.2) is 0 Å². The average molecular weight is 403 g/mol. The summed E-state index contributed by atoms with van der Waals surface area (Å²) in [6, 6.07) is 24.4. The number of anilines is 1. The van der Waals surface area contributed by atoms with Crippen molar-refractivity contribution in [3.05, 3.63) is 90.0 Å². The first-order valence-electron chi connectivity index (χ1n) is 9.65. The van der Waals surface area contributed by atoms with Gasteiger partial charge in [-0.3, -0.25) is 4.79 Å². The second kappa shape index (κ2) is 10.7. The van der Waals surface area contributed by atoms with Crippen molar-refractivity contribution >= 4 is 17.8 Å². The number of methoxy groups -OCH3 is 1. The first kappa shape index (κ1) is 20.9. The molecular formula is C24H25N3O3. The second-order valence-corrected chi connectivity index (χ2v) is 6.61. The Morgan fingerprint density at radius 2 is 1.63 bits per heavy atom. The number of benzene rings is 3. The van der Waals surface area contributed by atoms with Gasteiger partial charge in [0.1, 0.15) is 24.1 Å². The van der Waals surface area contributed by atoms with Crippen molar-refractivity contribution in [3.8, 4) is 11.5 Å². The van der Waals surface area contributed by atoms with Gasteiger partial charge in [-0.05, 0) is 36.8 Å². The monoisotopic (exact) mass is 403 g/mol. The number of carbonyl (C=O) groups is 1. The normalized spacial score (nSPS) is 11.7. The Labute approximate surface area is 176 Å². The fourth-order valence-corrected chi connectivity index (χ4v) is 2.78. The molecule has 0 saturated heterocycles. The number of amides is 1. The van der Waals surface area contributed by atoms with Crippen LogP contribution in [-0.2, 0) is 11.4 Å². The van der Waals surface area contributed by atoms with E-state index < -0.39 is 6.04 Å². The minimum atomic E-state index is -0.497. The summed E-state index contributed by atoms with van der Waals surface area (Å²) in [4.78, 5) is 12.4. The van der Waals surface area contributed by atoms with E-state index in [1.807, 2.05) is 78.9 Å². The van der Waals surface area contributed by atoms with E-state index in [2.05, 4.69) is 15.8 Å². The smallest absolute Gasteiger partial charge is 0.262 e. The summed E-state index contributed by atoms with van der Waals surface area (Å²) in [6.45, 7) is 2.21. The molecular weight excluding hydrogens is 378 g/mol. The van der Waals surface area contributed by atoms with Gasteiger partial charge in [-0.25, -0.2) is 5.43 Å². The highest BCUT2D eigenvalue weighted by atomic mass is 16.5. The summed E-state index contributed by atoms with van der Waals surface area (Å²) >= 11 is 0. The molecule has 0 aliphatic heterocycles. The van der Waals surface area contributed by atoms with Crippen molar-refractivity contribution in [2.45, 2.75) is 19.6 Å². The summed E-state index contributed by atoms with van der Waals surface area (Å²) < 4.78 is 11.2. The fraction of sp³-hybridized carbons (Fsp3) is 0.167. The van der Waals surface area contributed by atoms with Crippen LogP contribution >= 0.6 is 0 Å². The standard InChI is InChI=1S/C24H25N3O3/c1-18(26-21-13-7-9-15-23(21)29-2)24(28)27-25-16-20-12-6-8-14-22(20)30-17-19-10-4-3-5-11-19/h3-16,18,26H,17H2,1-2H3,(H,27,28). The van der Waals surface area contributed by atoms with Gasteiger partial charge in [-0.15, -0.1) is 0 Å². The molecule has 6 nitrogen and oxygen atoms in total. The lowest BCUT2D eigenvalue weighted by atomic mass is 10.2. The van der Waals surface area contributed by atoms with Gasteiger partial charge in [0.05, 0.1) is 19.0 Å². The van der Waals surface area contributed by atoms with Gasteiger partial charge < -0.3 is 14.8 Å². The summed E-state index contributed by atoms with van der Waals surface area (Å²) in [6.07, 6.45) is 1.58. The van der Waals surface area contributed by atoms with Crippen molar-refractivity contribution in [3.63, 3.8) is 0 Å². The quantitative estimate of drug-likeness (QED) is 0.414. The zero-order chi connectivity index (χ0) is 21.2. The second-order valence-electron chi connectivity index (χ2n) is 6.61. The molecule has 0 aliphatic carbocycles. The van der Waals surface area contributed by atoms with Crippen LogP contribution in [0.1, 0.15) is 18.1 Å². The summed E-state index contributed by atoms with van der Waals surface area (Å²) in [5, 5.41) is 7.21. The number of hydrogen-bond acceptors (Lipinski definition) is 5. The molecule has 2 N–H and O–H groups in total. The van der Waals surface area contributed by atoms with Crippen LogP contribution in [-0.4, -0.2) is 25.3 Å². The number of ether oxygens (including phenoxy) is 2. The molecule has 30 heavy (non-hydrogen) atoms.